The lowest BCUT2D eigenvalue weighted by atomic mass is 9.91. The highest BCUT2D eigenvalue weighted by atomic mass is 79.9. The SMILES string of the molecule is CCCN(C(F)(F)C(F)(F)OC(F)(F)Br)S(=O)(=O)C(F)(F)C(F)(F)C(F)(F)C(F)(F)C(F)(F)C(F)(F)C(F)(F)C(F)(F)F. The summed E-state index contributed by atoms with van der Waals surface area (Å²) in [5.74, 6) is -54.5. The molecule has 0 unspecified atom stereocenters. The molecule has 0 fully saturated rings. The number of halogens is 24. The van der Waals surface area contributed by atoms with E-state index in [1.807, 2.05) is 4.74 Å². The van der Waals surface area contributed by atoms with Crippen LogP contribution in [0.4, 0.5) is 101 Å². The molecule has 0 bridgehead atoms. The molecule has 4 nitrogen and oxygen atoms in total. The van der Waals surface area contributed by atoms with Crippen LogP contribution in [0.25, 0.3) is 0 Å². The van der Waals surface area contributed by atoms with Gasteiger partial charge in [-0.05, 0) is 6.42 Å². The van der Waals surface area contributed by atoms with Gasteiger partial charge in [0, 0.05) is 22.5 Å². The minimum atomic E-state index is -9.33. The fraction of sp³-hybridized carbons (Fsp3) is 1.00. The Morgan fingerprint density at radius 2 is 0.860 bits per heavy atom. The van der Waals surface area contributed by atoms with Gasteiger partial charge in [-0.15, -0.1) is 4.31 Å². The van der Waals surface area contributed by atoms with Crippen LogP contribution in [0.3, 0.4) is 0 Å². The van der Waals surface area contributed by atoms with E-state index < -0.39 is 91.4 Å². The minimum absolute atomic E-state index is 0.277. The second kappa shape index (κ2) is 10.9. The quantitative estimate of drug-likeness (QED) is 0.102. The molecule has 0 radical (unpaired) electrons. The van der Waals surface area contributed by atoms with Crippen LogP contribution in [0.2, 0.25) is 0 Å². The molecule has 43 heavy (non-hydrogen) atoms. The molecule has 0 N–H and O–H groups in total. The highest BCUT2D eigenvalue weighted by Gasteiger charge is 2.96. The van der Waals surface area contributed by atoms with Gasteiger partial charge in [-0.25, -0.2) is 13.2 Å². The van der Waals surface area contributed by atoms with E-state index in [4.69, 9.17) is 0 Å². The van der Waals surface area contributed by atoms with Crippen molar-refractivity contribution in [3.05, 3.63) is 0 Å². The summed E-state index contributed by atoms with van der Waals surface area (Å²) in [5.41, 5.74) is 0. The molecule has 0 amide bonds. The van der Waals surface area contributed by atoms with Crippen LogP contribution in [-0.2, 0) is 14.8 Å². The Labute approximate surface area is 229 Å². The lowest BCUT2D eigenvalue weighted by Crippen LogP contribution is -2.75. The van der Waals surface area contributed by atoms with Crippen molar-refractivity contribution in [1.29, 1.82) is 0 Å². The first-order chi connectivity index (χ1) is 18.1. The van der Waals surface area contributed by atoms with Gasteiger partial charge in [0.05, 0.1) is 0 Å². The predicted octanol–water partition coefficient (Wildman–Crippen LogP) is 8.14. The average molecular weight is 786 g/mol. The monoisotopic (exact) mass is 785 g/mol. The summed E-state index contributed by atoms with van der Waals surface area (Å²) in [6.07, 6.45) is -16.9. The normalized spacial score (nSPS) is 16.7. The Balaban J connectivity index is 7.42. The van der Waals surface area contributed by atoms with Gasteiger partial charge in [0.1, 0.15) is 0 Å². The Bertz CT molecular complexity index is 1110. The average Bonchev–Trinajstić information content (AvgIpc) is 2.73. The third-order valence-electron chi connectivity index (χ3n) is 4.64. The maximum Gasteiger partial charge on any atom is 0.460 e. The van der Waals surface area contributed by atoms with Crippen molar-refractivity contribution in [1.82, 2.24) is 4.31 Å². The van der Waals surface area contributed by atoms with E-state index in [0.29, 0.717) is 0 Å². The molecule has 29 heteroatoms. The first kappa shape index (κ1) is 41.7. The largest absolute Gasteiger partial charge is 0.460 e. The van der Waals surface area contributed by atoms with Crippen molar-refractivity contribution in [2.24, 2.45) is 0 Å². The molecule has 0 heterocycles. The fourth-order valence-corrected chi connectivity index (χ4v) is 4.18. The van der Waals surface area contributed by atoms with Crippen molar-refractivity contribution in [2.75, 3.05) is 6.54 Å². The van der Waals surface area contributed by atoms with Crippen molar-refractivity contribution in [2.45, 2.75) is 77.5 Å². The fourth-order valence-electron chi connectivity index (χ4n) is 2.42. The molecule has 0 aromatic heterocycles. The molecular weight excluding hydrogens is 779 g/mol. The van der Waals surface area contributed by atoms with Gasteiger partial charge in [-0.3, -0.25) is 0 Å². The van der Waals surface area contributed by atoms with Gasteiger partial charge >= 0.3 is 64.1 Å². The van der Waals surface area contributed by atoms with Crippen LogP contribution in [0.15, 0.2) is 0 Å². The van der Waals surface area contributed by atoms with Gasteiger partial charge in [-0.1, -0.05) is 6.92 Å². The molecule has 0 aromatic rings. The number of sulfonamides is 1. The summed E-state index contributed by atoms with van der Waals surface area (Å²) in [7, 11) is -8.99. The van der Waals surface area contributed by atoms with Gasteiger partial charge in [0.2, 0.25) is 0 Å². The smallest absolute Gasteiger partial charge is 0.240 e. The Morgan fingerprint density at radius 3 is 1.14 bits per heavy atom. The lowest BCUT2D eigenvalue weighted by molar-refractivity contribution is -0.458. The number of alkyl halides is 24. The van der Waals surface area contributed by atoms with Crippen LogP contribution in [0, 0.1) is 0 Å². The molecule has 260 valence electrons. The van der Waals surface area contributed by atoms with Crippen molar-refractivity contribution >= 4 is 26.0 Å². The van der Waals surface area contributed by atoms with Crippen molar-refractivity contribution in [3.63, 3.8) is 0 Å². The number of nitrogens with zero attached hydrogens (tertiary/aromatic N) is 1. The van der Waals surface area contributed by atoms with Crippen molar-refractivity contribution < 1.29 is 114 Å². The number of rotatable bonds is 14. The molecule has 0 aliphatic carbocycles. The summed E-state index contributed by atoms with van der Waals surface area (Å²) >= 11 is 0.782. The van der Waals surface area contributed by atoms with Gasteiger partial charge in [0.15, 0.2) is 0 Å². The highest BCUT2D eigenvalue weighted by molar-refractivity contribution is 9.09. The highest BCUT2D eigenvalue weighted by Crippen LogP contribution is 2.65. The van der Waals surface area contributed by atoms with Crippen LogP contribution < -0.4 is 0 Å². The molecule has 0 atom stereocenters. The molecular formula is C14H7BrF23NO3S. The zero-order valence-electron chi connectivity index (χ0n) is 19.1. The van der Waals surface area contributed by atoms with E-state index in [2.05, 4.69) is 0 Å². The summed E-state index contributed by atoms with van der Waals surface area (Å²) < 4.78 is 330. The third kappa shape index (κ3) is 6.02. The first-order valence-electron chi connectivity index (χ1n) is 9.41. The molecule has 0 saturated carbocycles. The predicted molar refractivity (Wildman–Crippen MR) is 91.5 cm³/mol. The number of hydrogen-bond acceptors (Lipinski definition) is 3. The molecule has 0 spiro atoms. The van der Waals surface area contributed by atoms with E-state index in [0.717, 1.165) is 15.9 Å². The van der Waals surface area contributed by atoms with E-state index in [1.165, 1.54) is 0 Å². The van der Waals surface area contributed by atoms with E-state index in [1.54, 1.807) is 0 Å². The van der Waals surface area contributed by atoms with Crippen LogP contribution in [-0.4, -0.2) is 83.4 Å². The molecule has 0 aromatic carbocycles. The second-order valence-electron chi connectivity index (χ2n) is 7.64. The number of hydrogen-bond donors (Lipinski definition) is 0. The maximum atomic E-state index is 14.2. The molecule has 0 aliphatic heterocycles. The van der Waals surface area contributed by atoms with Gasteiger partial charge < -0.3 is 0 Å². The van der Waals surface area contributed by atoms with Gasteiger partial charge in [-0.2, -0.15) is 101 Å². The molecule has 0 rings (SSSR count). The number of ether oxygens (including phenoxy) is 1. The van der Waals surface area contributed by atoms with Crippen molar-refractivity contribution in [3.8, 4) is 0 Å². The topological polar surface area (TPSA) is 46.6 Å². The Morgan fingerprint density at radius 1 is 0.558 bits per heavy atom. The zero-order valence-corrected chi connectivity index (χ0v) is 21.5. The van der Waals surface area contributed by atoms with Gasteiger partial charge in [0.25, 0.3) is 10.0 Å². The van der Waals surface area contributed by atoms with E-state index >= 15 is 0 Å². The maximum absolute atomic E-state index is 14.2. The Hall–Kier alpha value is -1.26. The van der Waals surface area contributed by atoms with Crippen LogP contribution >= 0.6 is 15.9 Å². The lowest BCUT2D eigenvalue weighted by Gasteiger charge is -2.43. The molecule has 0 aliphatic rings. The standard InChI is InChI=1S/C14H7BrF23NO3S/c1-2-3-39(11(31,32)12(33,34)42-14(15,37)38)43(40,41)13(35,36)9(26,27)7(22,23)5(18,19)4(16,17)6(20,21)8(24,25)10(28,29)30/h2-3H2,1H3. The first-order valence-corrected chi connectivity index (χ1v) is 11.6. The third-order valence-corrected chi connectivity index (χ3v) is 6.70. The summed E-state index contributed by atoms with van der Waals surface area (Å²) in [6.45, 7) is -2.51. The zero-order chi connectivity index (χ0) is 35.7. The second-order valence-corrected chi connectivity index (χ2v) is 10.5. The summed E-state index contributed by atoms with van der Waals surface area (Å²) in [6, 6.07) is -7.37. The summed E-state index contributed by atoms with van der Waals surface area (Å²) in [4.78, 5) is 0. The van der Waals surface area contributed by atoms with Crippen LogP contribution in [0.5, 0.6) is 0 Å². The van der Waals surface area contributed by atoms with Crippen LogP contribution in [0.1, 0.15) is 13.3 Å². The summed E-state index contributed by atoms with van der Waals surface area (Å²) in [5, 5.41) is -14.3. The molecule has 0 saturated heterocycles. The van der Waals surface area contributed by atoms with E-state index in [9.17, 15) is 109 Å². The Kier molecular flexibility index (Phi) is 10.6. The minimum Gasteiger partial charge on any atom is -0.240 e. The van der Waals surface area contributed by atoms with E-state index in [-0.39, 0.29) is 6.92 Å².